The minimum Gasteiger partial charge on any atom is -0.394 e. The SMILES string of the molecule is CNCC(O)C(=O)C(O)C(O)CO. The third-order valence-corrected chi connectivity index (χ3v) is 1.57. The number of hydrogen-bond acceptors (Lipinski definition) is 6. The first-order valence-corrected chi connectivity index (χ1v) is 3.88. The van der Waals surface area contributed by atoms with E-state index in [0.29, 0.717) is 0 Å². The van der Waals surface area contributed by atoms with E-state index in [4.69, 9.17) is 20.4 Å². The summed E-state index contributed by atoms with van der Waals surface area (Å²) in [5, 5.41) is 37.9. The average molecular weight is 193 g/mol. The Labute approximate surface area is 75.8 Å². The van der Waals surface area contributed by atoms with Gasteiger partial charge in [0, 0.05) is 6.54 Å². The van der Waals surface area contributed by atoms with E-state index in [0.717, 1.165) is 0 Å². The van der Waals surface area contributed by atoms with Crippen LogP contribution in [0.15, 0.2) is 0 Å². The highest BCUT2D eigenvalue weighted by atomic mass is 16.4. The summed E-state index contributed by atoms with van der Waals surface area (Å²) in [6, 6.07) is 0. The Morgan fingerprint density at radius 1 is 1.38 bits per heavy atom. The number of carbonyl (C=O) groups is 1. The quantitative estimate of drug-likeness (QED) is 0.305. The molecule has 0 aliphatic rings. The summed E-state index contributed by atoms with van der Waals surface area (Å²) in [6.07, 6.45) is -4.66. The minimum atomic E-state index is -1.74. The molecule has 0 radical (unpaired) electrons. The molecule has 78 valence electrons. The van der Waals surface area contributed by atoms with Crippen LogP contribution in [0.25, 0.3) is 0 Å². The lowest BCUT2D eigenvalue weighted by Gasteiger charge is -2.17. The molecule has 6 heteroatoms. The molecular weight excluding hydrogens is 178 g/mol. The lowest BCUT2D eigenvalue weighted by Crippen LogP contribution is -2.45. The lowest BCUT2D eigenvalue weighted by molar-refractivity contribution is -0.142. The minimum absolute atomic E-state index is 0.00591. The Bertz CT molecular complexity index is 163. The first-order chi connectivity index (χ1) is 6.04. The second-order valence-corrected chi connectivity index (χ2v) is 2.67. The average Bonchev–Trinajstić information content (AvgIpc) is 2.14. The molecule has 0 aromatic rings. The summed E-state index contributed by atoms with van der Waals surface area (Å²) in [4.78, 5) is 11.0. The molecule has 0 aliphatic heterocycles. The Morgan fingerprint density at radius 3 is 2.31 bits per heavy atom. The van der Waals surface area contributed by atoms with Crippen LogP contribution in [0.4, 0.5) is 0 Å². The van der Waals surface area contributed by atoms with E-state index in [1.165, 1.54) is 7.05 Å². The van der Waals surface area contributed by atoms with Crippen LogP contribution < -0.4 is 5.32 Å². The number of likely N-dealkylation sites (N-methyl/N-ethyl adjacent to an activating group) is 1. The van der Waals surface area contributed by atoms with Crippen molar-refractivity contribution in [2.24, 2.45) is 0 Å². The molecule has 0 aliphatic carbocycles. The third-order valence-electron chi connectivity index (χ3n) is 1.57. The Kier molecular flexibility index (Phi) is 5.76. The van der Waals surface area contributed by atoms with E-state index in [1.54, 1.807) is 0 Å². The molecule has 0 saturated carbocycles. The maximum absolute atomic E-state index is 11.0. The normalized spacial score (nSPS) is 17.9. The van der Waals surface area contributed by atoms with Gasteiger partial charge in [0.2, 0.25) is 0 Å². The summed E-state index contributed by atoms with van der Waals surface area (Å²) in [6.45, 7) is -0.729. The number of aliphatic hydroxyl groups excluding tert-OH is 4. The fourth-order valence-electron chi connectivity index (χ4n) is 0.781. The molecule has 5 N–H and O–H groups in total. The number of aliphatic hydroxyl groups is 4. The predicted molar refractivity (Wildman–Crippen MR) is 44.0 cm³/mol. The smallest absolute Gasteiger partial charge is 0.193 e. The predicted octanol–water partition coefficient (Wildman–Crippen LogP) is -3.15. The summed E-state index contributed by atoms with van der Waals surface area (Å²) in [7, 11) is 1.53. The number of hydrogen-bond donors (Lipinski definition) is 5. The zero-order valence-electron chi connectivity index (χ0n) is 7.34. The van der Waals surface area contributed by atoms with Crippen molar-refractivity contribution in [3.05, 3.63) is 0 Å². The van der Waals surface area contributed by atoms with Gasteiger partial charge >= 0.3 is 0 Å². The highest BCUT2D eigenvalue weighted by Gasteiger charge is 2.28. The van der Waals surface area contributed by atoms with Gasteiger partial charge in [-0.05, 0) is 7.05 Å². The monoisotopic (exact) mass is 193 g/mol. The molecular formula is C7H15NO5. The van der Waals surface area contributed by atoms with Crippen LogP contribution in [0.1, 0.15) is 0 Å². The zero-order chi connectivity index (χ0) is 10.4. The molecule has 0 rings (SSSR count). The number of Topliss-reactive ketones (excluding diaryl/α,β-unsaturated/α-hetero) is 1. The van der Waals surface area contributed by atoms with Gasteiger partial charge in [0.15, 0.2) is 5.78 Å². The van der Waals surface area contributed by atoms with Gasteiger partial charge in [-0.1, -0.05) is 0 Å². The molecule has 0 saturated heterocycles. The standard InChI is InChI=1S/C7H15NO5/c1-8-2-4(10)6(12)7(13)5(11)3-9/h4-5,7-11,13H,2-3H2,1H3. The van der Waals surface area contributed by atoms with Crippen molar-refractivity contribution in [2.45, 2.75) is 18.3 Å². The van der Waals surface area contributed by atoms with Crippen LogP contribution in [0.3, 0.4) is 0 Å². The van der Waals surface area contributed by atoms with Crippen LogP contribution in [-0.4, -0.2) is 64.7 Å². The second kappa shape index (κ2) is 6.01. The van der Waals surface area contributed by atoms with E-state index < -0.39 is 30.7 Å². The van der Waals surface area contributed by atoms with Gasteiger partial charge in [-0.3, -0.25) is 4.79 Å². The van der Waals surface area contributed by atoms with Crippen LogP contribution >= 0.6 is 0 Å². The van der Waals surface area contributed by atoms with Gasteiger partial charge in [0.1, 0.15) is 18.3 Å². The van der Waals surface area contributed by atoms with E-state index in [1.807, 2.05) is 0 Å². The number of ketones is 1. The summed E-state index contributed by atoms with van der Waals surface area (Å²) < 4.78 is 0. The molecule has 0 amide bonds. The fraction of sp³-hybridized carbons (Fsp3) is 0.857. The molecule has 6 nitrogen and oxygen atoms in total. The topological polar surface area (TPSA) is 110 Å². The molecule has 0 bridgehead atoms. The van der Waals surface area contributed by atoms with Gasteiger partial charge in [0.25, 0.3) is 0 Å². The van der Waals surface area contributed by atoms with Crippen LogP contribution in [0.5, 0.6) is 0 Å². The van der Waals surface area contributed by atoms with Crippen LogP contribution in [-0.2, 0) is 4.79 Å². The fourth-order valence-corrected chi connectivity index (χ4v) is 0.781. The Balaban J connectivity index is 4.08. The largest absolute Gasteiger partial charge is 0.394 e. The Hall–Kier alpha value is -0.530. The molecule has 0 fully saturated rings. The lowest BCUT2D eigenvalue weighted by atomic mass is 10.1. The third kappa shape index (κ3) is 3.79. The first kappa shape index (κ1) is 12.5. The van der Waals surface area contributed by atoms with Crippen molar-refractivity contribution in [1.82, 2.24) is 5.32 Å². The summed E-state index contributed by atoms with van der Waals surface area (Å²) >= 11 is 0. The summed E-state index contributed by atoms with van der Waals surface area (Å²) in [5.74, 6) is -0.907. The maximum Gasteiger partial charge on any atom is 0.193 e. The molecule has 0 aromatic heterocycles. The van der Waals surface area contributed by atoms with Crippen molar-refractivity contribution in [2.75, 3.05) is 20.2 Å². The molecule has 0 heterocycles. The molecule has 0 spiro atoms. The van der Waals surface area contributed by atoms with Crippen molar-refractivity contribution in [1.29, 1.82) is 0 Å². The first-order valence-electron chi connectivity index (χ1n) is 3.88. The zero-order valence-corrected chi connectivity index (χ0v) is 7.34. The van der Waals surface area contributed by atoms with Crippen LogP contribution in [0.2, 0.25) is 0 Å². The van der Waals surface area contributed by atoms with E-state index in [2.05, 4.69) is 5.32 Å². The van der Waals surface area contributed by atoms with E-state index in [-0.39, 0.29) is 6.54 Å². The van der Waals surface area contributed by atoms with Gasteiger partial charge in [-0.15, -0.1) is 0 Å². The number of nitrogens with one attached hydrogen (secondary N) is 1. The second-order valence-electron chi connectivity index (χ2n) is 2.67. The van der Waals surface area contributed by atoms with E-state index >= 15 is 0 Å². The van der Waals surface area contributed by atoms with Crippen molar-refractivity contribution < 1.29 is 25.2 Å². The van der Waals surface area contributed by atoms with Crippen molar-refractivity contribution >= 4 is 5.78 Å². The van der Waals surface area contributed by atoms with Gasteiger partial charge in [0.05, 0.1) is 6.61 Å². The maximum atomic E-state index is 11.0. The highest BCUT2D eigenvalue weighted by molar-refractivity contribution is 5.87. The Morgan fingerprint density at radius 2 is 1.92 bits per heavy atom. The van der Waals surface area contributed by atoms with Crippen molar-refractivity contribution in [3.63, 3.8) is 0 Å². The highest BCUT2D eigenvalue weighted by Crippen LogP contribution is 1.98. The molecule has 3 unspecified atom stereocenters. The number of carbonyl (C=O) groups excluding carboxylic acids is 1. The molecule has 13 heavy (non-hydrogen) atoms. The molecule has 3 atom stereocenters. The van der Waals surface area contributed by atoms with Gasteiger partial charge < -0.3 is 25.7 Å². The van der Waals surface area contributed by atoms with E-state index in [9.17, 15) is 4.79 Å². The van der Waals surface area contributed by atoms with Crippen molar-refractivity contribution in [3.8, 4) is 0 Å². The summed E-state index contributed by atoms with van der Waals surface area (Å²) in [5.41, 5.74) is 0. The number of rotatable bonds is 6. The van der Waals surface area contributed by atoms with Gasteiger partial charge in [-0.25, -0.2) is 0 Å². The van der Waals surface area contributed by atoms with Gasteiger partial charge in [-0.2, -0.15) is 0 Å². The van der Waals surface area contributed by atoms with Crippen LogP contribution in [0, 0.1) is 0 Å². The molecule has 0 aromatic carbocycles.